The molecule has 0 unspecified atom stereocenters. The van der Waals surface area contributed by atoms with E-state index in [1.807, 2.05) is 0 Å². The molecule has 2 aromatic carbocycles. The van der Waals surface area contributed by atoms with E-state index in [1.54, 1.807) is 17.0 Å². The maximum atomic E-state index is 13.6. The smallest absolute Gasteiger partial charge is 0.268 e. The molecule has 0 spiro atoms. The van der Waals surface area contributed by atoms with Crippen molar-refractivity contribution >= 4 is 27.3 Å². The predicted molar refractivity (Wildman–Crippen MR) is 111 cm³/mol. The Kier molecular flexibility index (Phi) is 5.38. The van der Waals surface area contributed by atoms with Crippen molar-refractivity contribution in [2.75, 3.05) is 17.8 Å². The quantitative estimate of drug-likeness (QED) is 0.774. The number of halogens is 2. The number of benzene rings is 2. The highest BCUT2D eigenvalue weighted by Gasteiger charge is 2.42. The van der Waals surface area contributed by atoms with E-state index in [1.165, 1.54) is 12.1 Å². The van der Waals surface area contributed by atoms with Gasteiger partial charge in [-0.1, -0.05) is 31.2 Å². The summed E-state index contributed by atoms with van der Waals surface area (Å²) in [7, 11) is -4.57. The average Bonchev–Trinajstić information content (AvgIpc) is 2.73. The van der Waals surface area contributed by atoms with Crippen LogP contribution in [-0.2, 0) is 10.0 Å². The van der Waals surface area contributed by atoms with Crippen LogP contribution >= 0.6 is 0 Å². The monoisotopic (exact) mass is 446 g/mol. The maximum absolute atomic E-state index is 13.6. The molecule has 0 atom stereocenters. The molecule has 9 heteroatoms. The van der Waals surface area contributed by atoms with Gasteiger partial charge in [0.05, 0.1) is 5.69 Å². The van der Waals surface area contributed by atoms with Crippen LogP contribution in [0, 0.1) is 17.6 Å². The number of rotatable bonds is 4. The Balaban J connectivity index is 1.84. The van der Waals surface area contributed by atoms with Crippen LogP contribution in [0.15, 0.2) is 53.1 Å². The molecule has 1 N–H and O–H groups in total. The van der Waals surface area contributed by atoms with E-state index in [0.29, 0.717) is 25.1 Å². The van der Waals surface area contributed by atoms with E-state index in [-0.39, 0.29) is 22.5 Å². The molecule has 1 fully saturated rings. The number of carbonyl (C=O) groups is 2. The Hall–Kier alpha value is -3.07. The maximum Gasteiger partial charge on any atom is 0.268 e. The minimum absolute atomic E-state index is 0.00714. The van der Waals surface area contributed by atoms with Crippen molar-refractivity contribution in [1.82, 2.24) is 4.90 Å². The third-order valence-corrected chi connectivity index (χ3v) is 7.01. The number of piperidine rings is 1. The van der Waals surface area contributed by atoms with Gasteiger partial charge in [0.25, 0.3) is 10.0 Å². The largest absolute Gasteiger partial charge is 0.367 e. The Morgan fingerprint density at radius 1 is 0.935 bits per heavy atom. The van der Waals surface area contributed by atoms with Crippen LogP contribution in [0.1, 0.15) is 40.5 Å². The van der Waals surface area contributed by atoms with E-state index in [2.05, 4.69) is 11.6 Å². The number of nitrogens with one attached hydrogen (secondary N) is 1. The number of anilines is 1. The Morgan fingerprint density at radius 2 is 1.55 bits per heavy atom. The van der Waals surface area contributed by atoms with Gasteiger partial charge in [0.1, 0.15) is 5.70 Å². The lowest BCUT2D eigenvalue weighted by Gasteiger charge is -2.35. The Bertz CT molecular complexity index is 1220. The van der Waals surface area contributed by atoms with Crippen molar-refractivity contribution in [2.45, 2.75) is 19.8 Å². The fraction of sp³-hybridized carbons (Fsp3) is 0.273. The number of Topliss-reactive ketones (excluding diaryl/α,β-unsaturated/α-hetero) is 2. The molecule has 0 amide bonds. The first-order valence-corrected chi connectivity index (χ1v) is 11.3. The van der Waals surface area contributed by atoms with Gasteiger partial charge in [0, 0.05) is 30.3 Å². The van der Waals surface area contributed by atoms with E-state index in [4.69, 9.17) is 0 Å². The van der Waals surface area contributed by atoms with Crippen LogP contribution in [0.5, 0.6) is 0 Å². The second kappa shape index (κ2) is 7.88. The first kappa shape index (κ1) is 21.2. The third-order valence-electron chi connectivity index (χ3n) is 5.59. The lowest BCUT2D eigenvalue weighted by atomic mass is 9.90. The van der Waals surface area contributed by atoms with Crippen LogP contribution < -0.4 is 4.72 Å². The van der Waals surface area contributed by atoms with Gasteiger partial charge in [0.15, 0.2) is 16.5 Å². The fourth-order valence-electron chi connectivity index (χ4n) is 3.87. The molecule has 0 aromatic heterocycles. The summed E-state index contributed by atoms with van der Waals surface area (Å²) in [6.45, 7) is 2.93. The molecule has 0 radical (unpaired) electrons. The zero-order chi connectivity index (χ0) is 22.3. The average molecular weight is 446 g/mol. The number of allylic oxidation sites excluding steroid dienone is 2. The molecule has 1 aliphatic carbocycles. The lowest BCUT2D eigenvalue weighted by molar-refractivity contribution is 0.0933. The van der Waals surface area contributed by atoms with Gasteiger partial charge in [-0.25, -0.2) is 17.2 Å². The highest BCUT2D eigenvalue weighted by molar-refractivity contribution is 7.97. The molecular weight excluding hydrogens is 426 g/mol. The molecule has 1 heterocycles. The minimum Gasteiger partial charge on any atom is -0.367 e. The summed E-state index contributed by atoms with van der Waals surface area (Å²) >= 11 is 0. The molecular formula is C22H20F2N2O4S. The Morgan fingerprint density at radius 3 is 2.16 bits per heavy atom. The molecule has 2 aromatic rings. The Labute approximate surface area is 178 Å². The van der Waals surface area contributed by atoms with Gasteiger partial charge < -0.3 is 4.90 Å². The summed E-state index contributed by atoms with van der Waals surface area (Å²) in [6.07, 6.45) is 1.49. The lowest BCUT2D eigenvalue weighted by Crippen LogP contribution is -2.41. The standard InChI is InChI=1S/C22H20F2N2O4S/c1-13-8-10-26(11-9-13)19-20(27)15-4-2-3-5-16(15)21(28)22(19)31(29,30)25-14-6-7-17(23)18(24)12-14/h2-7,12-13,25H,8-11H2,1H3. The van der Waals surface area contributed by atoms with Crippen molar-refractivity contribution in [1.29, 1.82) is 0 Å². The topological polar surface area (TPSA) is 83.6 Å². The van der Waals surface area contributed by atoms with Crippen molar-refractivity contribution in [3.8, 4) is 0 Å². The summed E-state index contributed by atoms with van der Waals surface area (Å²) in [5.74, 6) is -3.31. The number of nitrogens with zero attached hydrogens (tertiary/aromatic N) is 1. The number of carbonyl (C=O) groups excluding carboxylic acids is 2. The third kappa shape index (κ3) is 3.85. The van der Waals surface area contributed by atoms with Gasteiger partial charge in [-0.15, -0.1) is 0 Å². The van der Waals surface area contributed by atoms with E-state index >= 15 is 0 Å². The van der Waals surface area contributed by atoms with Gasteiger partial charge in [-0.2, -0.15) is 0 Å². The molecule has 1 saturated heterocycles. The number of hydrogen-bond acceptors (Lipinski definition) is 5. The molecule has 0 saturated carbocycles. The van der Waals surface area contributed by atoms with Gasteiger partial charge >= 0.3 is 0 Å². The van der Waals surface area contributed by atoms with Crippen molar-refractivity contribution in [2.24, 2.45) is 5.92 Å². The number of ketones is 2. The van der Waals surface area contributed by atoms with Gasteiger partial charge in [-0.05, 0) is 30.9 Å². The van der Waals surface area contributed by atoms with Crippen LogP contribution in [0.25, 0.3) is 0 Å². The molecule has 4 rings (SSSR count). The highest BCUT2D eigenvalue weighted by Crippen LogP contribution is 2.34. The highest BCUT2D eigenvalue weighted by atomic mass is 32.2. The number of fused-ring (bicyclic) bond motifs is 1. The van der Waals surface area contributed by atoms with Crippen LogP contribution in [0.4, 0.5) is 14.5 Å². The zero-order valence-electron chi connectivity index (χ0n) is 16.7. The second-order valence-corrected chi connectivity index (χ2v) is 9.40. The number of likely N-dealkylation sites (tertiary alicyclic amines) is 1. The number of sulfonamides is 1. The first-order chi connectivity index (χ1) is 14.7. The van der Waals surface area contributed by atoms with E-state index in [0.717, 1.165) is 25.0 Å². The first-order valence-electron chi connectivity index (χ1n) is 9.84. The summed E-state index contributed by atoms with van der Waals surface area (Å²) in [5.41, 5.74) is -0.289. The SMILES string of the molecule is CC1CCN(C2=C(S(=O)(=O)Nc3ccc(F)c(F)c3)C(=O)c3ccccc3C2=O)CC1. The molecule has 6 nitrogen and oxygen atoms in total. The normalized spacial score (nSPS) is 17.7. The van der Waals surface area contributed by atoms with Gasteiger partial charge in [0.2, 0.25) is 11.6 Å². The predicted octanol–water partition coefficient (Wildman–Crippen LogP) is 3.73. The molecule has 162 valence electrons. The molecule has 0 bridgehead atoms. The van der Waals surface area contributed by atoms with Crippen LogP contribution in [-0.4, -0.2) is 38.0 Å². The van der Waals surface area contributed by atoms with Crippen molar-refractivity contribution < 1.29 is 26.8 Å². The minimum atomic E-state index is -4.57. The summed E-state index contributed by atoms with van der Waals surface area (Å²) in [6, 6.07) is 8.55. The molecule has 1 aliphatic heterocycles. The van der Waals surface area contributed by atoms with Crippen LogP contribution in [0.3, 0.4) is 0 Å². The van der Waals surface area contributed by atoms with E-state index < -0.39 is 38.1 Å². The van der Waals surface area contributed by atoms with E-state index in [9.17, 15) is 26.8 Å². The fourth-order valence-corrected chi connectivity index (χ4v) is 5.24. The van der Waals surface area contributed by atoms with Crippen LogP contribution in [0.2, 0.25) is 0 Å². The second-order valence-electron chi connectivity index (χ2n) is 7.79. The van der Waals surface area contributed by atoms with Crippen molar-refractivity contribution in [3.63, 3.8) is 0 Å². The summed E-state index contributed by atoms with van der Waals surface area (Å²) in [4.78, 5) is 27.5. The summed E-state index contributed by atoms with van der Waals surface area (Å²) in [5, 5.41) is 0. The summed E-state index contributed by atoms with van der Waals surface area (Å²) < 4.78 is 55.4. The zero-order valence-corrected chi connectivity index (χ0v) is 17.5. The molecule has 2 aliphatic rings. The molecule has 31 heavy (non-hydrogen) atoms. The van der Waals surface area contributed by atoms with Gasteiger partial charge in [-0.3, -0.25) is 14.3 Å². The van der Waals surface area contributed by atoms with Crippen molar-refractivity contribution in [3.05, 3.63) is 75.8 Å². The number of hydrogen-bond donors (Lipinski definition) is 1.